The molecule has 3 rings (SSSR count). The van der Waals surface area contributed by atoms with Crippen LogP contribution in [0.1, 0.15) is 33.7 Å². The van der Waals surface area contributed by atoms with Gasteiger partial charge >= 0.3 is 0 Å². The molecule has 1 aromatic carbocycles. The summed E-state index contributed by atoms with van der Waals surface area (Å²) >= 11 is 3.37. The summed E-state index contributed by atoms with van der Waals surface area (Å²) in [5.41, 5.74) is 0.983. The van der Waals surface area contributed by atoms with E-state index in [9.17, 15) is 9.59 Å². The number of aromatic nitrogens is 2. The second kappa shape index (κ2) is 7.53. The van der Waals surface area contributed by atoms with Crippen LogP contribution in [0, 0.1) is 0 Å². The highest BCUT2D eigenvalue weighted by atomic mass is 79.9. The van der Waals surface area contributed by atoms with Crippen LogP contribution in [-0.4, -0.2) is 45.8 Å². The van der Waals surface area contributed by atoms with Gasteiger partial charge in [0.05, 0.1) is 6.20 Å². The number of likely N-dealkylation sites (tertiary alicyclic amines) is 1. The molecule has 0 aliphatic carbocycles. The number of hydrogen-bond acceptors (Lipinski definition) is 4. The van der Waals surface area contributed by atoms with Gasteiger partial charge in [0.2, 0.25) is 0 Å². The van der Waals surface area contributed by atoms with Crippen molar-refractivity contribution in [2.75, 3.05) is 13.1 Å². The molecule has 1 fully saturated rings. The minimum Gasteiger partial charge on any atom is -0.349 e. The zero-order valence-electron chi connectivity index (χ0n) is 13.0. The van der Waals surface area contributed by atoms with Crippen LogP contribution in [0.5, 0.6) is 0 Å². The lowest BCUT2D eigenvalue weighted by Gasteiger charge is -2.32. The van der Waals surface area contributed by atoms with Crippen molar-refractivity contribution < 1.29 is 9.59 Å². The molecule has 0 atom stereocenters. The van der Waals surface area contributed by atoms with Crippen LogP contribution in [-0.2, 0) is 0 Å². The van der Waals surface area contributed by atoms with Crippen molar-refractivity contribution in [1.82, 2.24) is 20.2 Å². The molecule has 0 unspecified atom stereocenters. The fraction of sp³-hybridized carbons (Fsp3) is 0.294. The number of carbonyl (C=O) groups is 2. The summed E-state index contributed by atoms with van der Waals surface area (Å²) in [4.78, 5) is 34.3. The van der Waals surface area contributed by atoms with Gasteiger partial charge in [-0.15, -0.1) is 0 Å². The van der Waals surface area contributed by atoms with E-state index in [1.807, 2.05) is 12.1 Å². The number of piperidine rings is 1. The van der Waals surface area contributed by atoms with Crippen molar-refractivity contribution >= 4 is 27.7 Å². The highest BCUT2D eigenvalue weighted by molar-refractivity contribution is 9.10. The highest BCUT2D eigenvalue weighted by Gasteiger charge is 2.25. The lowest BCUT2D eigenvalue weighted by Crippen LogP contribution is -2.46. The number of nitrogens with one attached hydrogen (secondary N) is 1. The summed E-state index contributed by atoms with van der Waals surface area (Å²) in [6, 6.07) is 7.37. The third kappa shape index (κ3) is 3.97. The van der Waals surface area contributed by atoms with Gasteiger partial charge in [-0.1, -0.05) is 22.0 Å². The Hall–Kier alpha value is -2.28. The van der Waals surface area contributed by atoms with Crippen LogP contribution in [0.3, 0.4) is 0 Å². The number of nitrogens with zero attached hydrogens (tertiary/aromatic N) is 3. The number of halogens is 1. The topological polar surface area (TPSA) is 75.2 Å². The second-order valence-corrected chi connectivity index (χ2v) is 6.56. The standard InChI is InChI=1S/C17H17BrN4O2/c18-13-3-1-2-12(10-13)16(23)21-14-4-8-22(9-5-14)17(24)15-11-19-6-7-20-15/h1-3,6-7,10-11,14H,4-5,8-9H2,(H,21,23). The number of rotatable bonds is 3. The molecule has 1 aliphatic rings. The molecule has 2 amide bonds. The van der Waals surface area contributed by atoms with Crippen molar-refractivity contribution in [3.05, 3.63) is 58.6 Å². The normalized spacial score (nSPS) is 15.1. The number of amides is 2. The molecule has 2 heterocycles. The molecular formula is C17H17BrN4O2. The largest absolute Gasteiger partial charge is 0.349 e. The predicted octanol–water partition coefficient (Wildman–Crippen LogP) is 2.27. The van der Waals surface area contributed by atoms with Crippen LogP contribution in [0.4, 0.5) is 0 Å². The maximum atomic E-state index is 12.3. The lowest BCUT2D eigenvalue weighted by atomic mass is 10.0. The Labute approximate surface area is 148 Å². The van der Waals surface area contributed by atoms with Crippen LogP contribution in [0.15, 0.2) is 47.3 Å². The van der Waals surface area contributed by atoms with Gasteiger partial charge in [-0.25, -0.2) is 4.98 Å². The SMILES string of the molecule is O=C(NC1CCN(C(=O)c2cnccn2)CC1)c1cccc(Br)c1. The summed E-state index contributed by atoms with van der Waals surface area (Å²) in [6.45, 7) is 1.19. The van der Waals surface area contributed by atoms with Crippen molar-refractivity contribution in [2.45, 2.75) is 18.9 Å². The summed E-state index contributed by atoms with van der Waals surface area (Å²) in [6.07, 6.45) is 5.99. The summed E-state index contributed by atoms with van der Waals surface area (Å²) < 4.78 is 0.875. The molecule has 1 aliphatic heterocycles. The van der Waals surface area contributed by atoms with E-state index in [0.717, 1.165) is 17.3 Å². The van der Waals surface area contributed by atoms with Crippen LogP contribution < -0.4 is 5.32 Å². The average molecular weight is 389 g/mol. The maximum absolute atomic E-state index is 12.3. The molecule has 0 spiro atoms. The third-order valence-corrected chi connectivity index (χ3v) is 4.48. The van der Waals surface area contributed by atoms with E-state index >= 15 is 0 Å². The Kier molecular flexibility index (Phi) is 5.20. The Morgan fingerprint density at radius 2 is 2.00 bits per heavy atom. The summed E-state index contributed by atoms with van der Waals surface area (Å²) in [5, 5.41) is 3.04. The number of hydrogen-bond donors (Lipinski definition) is 1. The van der Waals surface area contributed by atoms with Gasteiger partial charge in [0, 0.05) is 41.6 Å². The first kappa shape index (κ1) is 16.6. The van der Waals surface area contributed by atoms with E-state index < -0.39 is 0 Å². The smallest absolute Gasteiger partial charge is 0.274 e. The molecular weight excluding hydrogens is 372 g/mol. The fourth-order valence-corrected chi connectivity index (χ4v) is 3.10. The van der Waals surface area contributed by atoms with Gasteiger partial charge < -0.3 is 10.2 Å². The molecule has 1 saturated heterocycles. The molecule has 24 heavy (non-hydrogen) atoms. The van der Waals surface area contributed by atoms with Crippen molar-refractivity contribution in [3.8, 4) is 0 Å². The molecule has 0 radical (unpaired) electrons. The first-order valence-corrected chi connectivity index (χ1v) is 8.54. The average Bonchev–Trinajstić information content (AvgIpc) is 2.62. The van der Waals surface area contributed by atoms with Crippen molar-refractivity contribution in [2.24, 2.45) is 0 Å². The monoisotopic (exact) mass is 388 g/mol. The van der Waals surface area contributed by atoms with E-state index in [1.54, 1.807) is 23.2 Å². The molecule has 0 saturated carbocycles. The molecule has 1 N–H and O–H groups in total. The molecule has 2 aromatic rings. The Morgan fingerprint density at radius 1 is 1.21 bits per heavy atom. The first-order valence-electron chi connectivity index (χ1n) is 7.75. The molecule has 7 heteroatoms. The van der Waals surface area contributed by atoms with E-state index in [-0.39, 0.29) is 17.9 Å². The Morgan fingerprint density at radius 3 is 2.67 bits per heavy atom. The van der Waals surface area contributed by atoms with Crippen molar-refractivity contribution in [3.63, 3.8) is 0 Å². The van der Waals surface area contributed by atoms with Gasteiger partial charge in [-0.3, -0.25) is 14.6 Å². The van der Waals surface area contributed by atoms with Gasteiger partial charge in [-0.05, 0) is 31.0 Å². The molecule has 1 aromatic heterocycles. The zero-order chi connectivity index (χ0) is 16.9. The minimum atomic E-state index is -0.111. The van der Waals surface area contributed by atoms with Crippen LogP contribution in [0.2, 0.25) is 0 Å². The zero-order valence-corrected chi connectivity index (χ0v) is 14.6. The Balaban J connectivity index is 1.54. The maximum Gasteiger partial charge on any atom is 0.274 e. The minimum absolute atomic E-state index is 0.0717. The highest BCUT2D eigenvalue weighted by Crippen LogP contribution is 2.15. The first-order chi connectivity index (χ1) is 11.6. The quantitative estimate of drug-likeness (QED) is 0.874. The summed E-state index contributed by atoms with van der Waals surface area (Å²) in [7, 11) is 0. The molecule has 6 nitrogen and oxygen atoms in total. The van der Waals surface area contributed by atoms with E-state index in [4.69, 9.17) is 0 Å². The third-order valence-electron chi connectivity index (χ3n) is 3.99. The predicted molar refractivity (Wildman–Crippen MR) is 92.6 cm³/mol. The van der Waals surface area contributed by atoms with Gasteiger partial charge in [0.25, 0.3) is 11.8 Å². The summed E-state index contributed by atoms with van der Waals surface area (Å²) in [5.74, 6) is -0.199. The second-order valence-electron chi connectivity index (χ2n) is 5.64. The van der Waals surface area contributed by atoms with E-state index in [2.05, 4.69) is 31.2 Å². The van der Waals surface area contributed by atoms with E-state index in [0.29, 0.717) is 24.3 Å². The number of benzene rings is 1. The molecule has 124 valence electrons. The van der Waals surface area contributed by atoms with Crippen molar-refractivity contribution in [1.29, 1.82) is 0 Å². The fourth-order valence-electron chi connectivity index (χ4n) is 2.70. The van der Waals surface area contributed by atoms with Gasteiger partial charge in [0.1, 0.15) is 5.69 Å². The van der Waals surface area contributed by atoms with Gasteiger partial charge in [0.15, 0.2) is 0 Å². The van der Waals surface area contributed by atoms with Crippen LogP contribution in [0.25, 0.3) is 0 Å². The lowest BCUT2D eigenvalue weighted by molar-refractivity contribution is 0.0692. The van der Waals surface area contributed by atoms with E-state index in [1.165, 1.54) is 12.4 Å². The van der Waals surface area contributed by atoms with Gasteiger partial charge in [-0.2, -0.15) is 0 Å². The Bertz CT molecular complexity index is 730. The molecule has 0 bridgehead atoms. The number of carbonyl (C=O) groups excluding carboxylic acids is 2. The van der Waals surface area contributed by atoms with Crippen LogP contribution >= 0.6 is 15.9 Å².